The van der Waals surface area contributed by atoms with Crippen LogP contribution in [-0.4, -0.2) is 53.5 Å². The van der Waals surface area contributed by atoms with Gasteiger partial charge in [0.05, 0.1) is 0 Å². The number of hydrogen-bond acceptors (Lipinski definition) is 4. The minimum absolute atomic E-state index is 0.124. The summed E-state index contributed by atoms with van der Waals surface area (Å²) in [4.78, 5) is 17.4. The molecule has 144 valence electrons. The molecule has 2 aliphatic rings. The summed E-state index contributed by atoms with van der Waals surface area (Å²) in [6.07, 6.45) is 1.80. The Kier molecular flexibility index (Phi) is 6.27. The number of carbonyl (C=O) groups excluding carboxylic acids is 1. The molecule has 0 radical (unpaired) electrons. The van der Waals surface area contributed by atoms with E-state index in [4.69, 9.17) is 0 Å². The Hall–Kier alpha value is -1.50. The summed E-state index contributed by atoms with van der Waals surface area (Å²) in [5.74, 6) is 0.447. The van der Waals surface area contributed by atoms with E-state index in [2.05, 4.69) is 36.5 Å². The highest BCUT2D eigenvalue weighted by molar-refractivity contribution is 5.82. The van der Waals surface area contributed by atoms with E-state index < -0.39 is 0 Å². The summed E-state index contributed by atoms with van der Waals surface area (Å²) in [6.45, 7) is 9.83. The van der Waals surface area contributed by atoms with Crippen LogP contribution in [0.3, 0.4) is 0 Å². The van der Waals surface area contributed by atoms with Crippen molar-refractivity contribution in [1.29, 1.82) is 0 Å². The van der Waals surface area contributed by atoms with Gasteiger partial charge in [-0.2, -0.15) is 0 Å². The molecule has 26 heavy (non-hydrogen) atoms. The minimum Gasteiger partial charge on any atom is -0.340 e. The molecule has 0 bridgehead atoms. The van der Waals surface area contributed by atoms with E-state index in [1.54, 1.807) is 0 Å². The predicted molar refractivity (Wildman–Crippen MR) is 101 cm³/mol. The van der Waals surface area contributed by atoms with E-state index in [1.807, 2.05) is 17.0 Å². The second-order valence-electron chi connectivity index (χ2n) is 8.02. The van der Waals surface area contributed by atoms with Crippen molar-refractivity contribution in [1.82, 2.24) is 20.7 Å². The fourth-order valence-corrected chi connectivity index (χ4v) is 4.01. The first-order chi connectivity index (χ1) is 12.4. The molecule has 1 aromatic carbocycles. The van der Waals surface area contributed by atoms with E-state index in [-0.39, 0.29) is 17.8 Å². The zero-order valence-electron chi connectivity index (χ0n) is 16.0. The zero-order chi connectivity index (χ0) is 18.7. The van der Waals surface area contributed by atoms with Crippen molar-refractivity contribution in [3.8, 4) is 0 Å². The number of nitrogens with one attached hydrogen (secondary N) is 2. The molecule has 2 saturated heterocycles. The van der Waals surface area contributed by atoms with E-state index in [1.165, 1.54) is 12.1 Å². The fourth-order valence-electron chi connectivity index (χ4n) is 4.01. The summed E-state index contributed by atoms with van der Waals surface area (Å²) >= 11 is 0. The number of rotatable bonds is 4. The molecule has 0 saturated carbocycles. The van der Waals surface area contributed by atoms with Crippen LogP contribution in [0.1, 0.15) is 39.2 Å². The summed E-state index contributed by atoms with van der Waals surface area (Å²) in [6, 6.07) is 7.26. The quantitative estimate of drug-likeness (QED) is 0.862. The lowest BCUT2D eigenvalue weighted by Gasteiger charge is -2.35. The minimum atomic E-state index is -0.200. The molecule has 1 aromatic rings. The van der Waals surface area contributed by atoms with Crippen LogP contribution in [0.4, 0.5) is 4.39 Å². The van der Waals surface area contributed by atoms with Gasteiger partial charge in [0.2, 0.25) is 5.91 Å². The summed E-state index contributed by atoms with van der Waals surface area (Å²) in [5.41, 5.74) is 7.40. The molecular formula is C20H31FN4O. The van der Waals surface area contributed by atoms with Crippen LogP contribution >= 0.6 is 0 Å². The van der Waals surface area contributed by atoms with Crippen molar-refractivity contribution in [2.75, 3.05) is 19.6 Å². The Morgan fingerprint density at radius 3 is 2.58 bits per heavy atom. The van der Waals surface area contributed by atoms with E-state index in [9.17, 15) is 9.18 Å². The normalized spacial score (nSPS) is 27.7. The lowest BCUT2D eigenvalue weighted by Crippen LogP contribution is -2.50. The topological polar surface area (TPSA) is 47.6 Å². The Morgan fingerprint density at radius 1 is 1.23 bits per heavy atom. The Balaban J connectivity index is 1.69. The first kappa shape index (κ1) is 19.3. The van der Waals surface area contributed by atoms with Gasteiger partial charge in [-0.15, -0.1) is 0 Å². The number of amides is 1. The number of halogens is 1. The largest absolute Gasteiger partial charge is 0.340 e. The first-order valence-corrected chi connectivity index (χ1v) is 9.72. The van der Waals surface area contributed by atoms with Crippen molar-refractivity contribution in [3.63, 3.8) is 0 Å². The Morgan fingerprint density at radius 2 is 1.96 bits per heavy atom. The number of benzene rings is 1. The van der Waals surface area contributed by atoms with Crippen LogP contribution in [0.5, 0.6) is 0 Å². The van der Waals surface area contributed by atoms with Gasteiger partial charge in [-0.05, 0) is 43.4 Å². The third-order valence-electron chi connectivity index (χ3n) is 5.52. The molecule has 3 atom stereocenters. The predicted octanol–water partition coefficient (Wildman–Crippen LogP) is 2.14. The van der Waals surface area contributed by atoms with Crippen molar-refractivity contribution >= 4 is 5.91 Å². The molecule has 3 rings (SSSR count). The molecule has 2 heterocycles. The van der Waals surface area contributed by atoms with Crippen molar-refractivity contribution < 1.29 is 9.18 Å². The first-order valence-electron chi connectivity index (χ1n) is 9.72. The van der Waals surface area contributed by atoms with Crippen LogP contribution < -0.4 is 10.9 Å². The number of nitrogens with zero attached hydrogens (tertiary/aromatic N) is 2. The molecule has 6 heteroatoms. The standard InChI is InChI=1S/C20H31FN4O/c1-14(2)19-13-25(20(26)18-11-15(3)22-23-18)10-4-9-24(19)12-16-5-7-17(21)8-6-16/h5-8,14-15,18-19,22-23H,4,9-13H2,1-3H3. The average molecular weight is 362 g/mol. The molecule has 2 aliphatic heterocycles. The Bertz CT molecular complexity index is 606. The number of carbonyl (C=O) groups is 1. The van der Waals surface area contributed by atoms with Gasteiger partial charge in [-0.1, -0.05) is 26.0 Å². The fraction of sp³-hybridized carbons (Fsp3) is 0.650. The van der Waals surface area contributed by atoms with Crippen LogP contribution in [0.15, 0.2) is 24.3 Å². The molecule has 0 aliphatic carbocycles. The molecule has 2 fully saturated rings. The summed E-state index contributed by atoms with van der Waals surface area (Å²) < 4.78 is 13.2. The van der Waals surface area contributed by atoms with E-state index in [0.717, 1.165) is 44.6 Å². The lowest BCUT2D eigenvalue weighted by atomic mass is 10.0. The van der Waals surface area contributed by atoms with Gasteiger partial charge < -0.3 is 4.90 Å². The molecule has 2 N–H and O–H groups in total. The number of hydrogen-bond donors (Lipinski definition) is 2. The average Bonchev–Trinajstić information content (AvgIpc) is 2.93. The van der Waals surface area contributed by atoms with Gasteiger partial charge in [0, 0.05) is 38.3 Å². The second kappa shape index (κ2) is 8.46. The van der Waals surface area contributed by atoms with Gasteiger partial charge in [-0.25, -0.2) is 9.82 Å². The van der Waals surface area contributed by atoms with Gasteiger partial charge in [0.15, 0.2) is 0 Å². The monoisotopic (exact) mass is 362 g/mol. The Labute approximate surface area is 155 Å². The SMILES string of the molecule is CC1CC(C(=O)N2CCCN(Cc3ccc(F)cc3)C(C(C)C)C2)NN1. The van der Waals surface area contributed by atoms with Crippen molar-refractivity contribution in [2.24, 2.45) is 5.92 Å². The van der Waals surface area contributed by atoms with Crippen LogP contribution in [0.25, 0.3) is 0 Å². The van der Waals surface area contributed by atoms with Gasteiger partial charge in [0.1, 0.15) is 11.9 Å². The third-order valence-corrected chi connectivity index (χ3v) is 5.52. The van der Waals surface area contributed by atoms with E-state index in [0.29, 0.717) is 18.0 Å². The number of hydrazine groups is 1. The lowest BCUT2D eigenvalue weighted by molar-refractivity contribution is -0.133. The molecular weight excluding hydrogens is 331 g/mol. The molecule has 0 aromatic heterocycles. The molecule has 0 spiro atoms. The van der Waals surface area contributed by atoms with Crippen LogP contribution in [-0.2, 0) is 11.3 Å². The maximum absolute atomic E-state index is 13.2. The van der Waals surface area contributed by atoms with E-state index >= 15 is 0 Å². The summed E-state index contributed by atoms with van der Waals surface area (Å²) in [7, 11) is 0. The highest BCUT2D eigenvalue weighted by atomic mass is 19.1. The van der Waals surface area contributed by atoms with Crippen molar-refractivity contribution in [3.05, 3.63) is 35.6 Å². The second-order valence-corrected chi connectivity index (χ2v) is 8.02. The third kappa shape index (κ3) is 4.61. The highest BCUT2D eigenvalue weighted by Crippen LogP contribution is 2.21. The summed E-state index contributed by atoms with van der Waals surface area (Å²) in [5, 5.41) is 0. The molecule has 5 nitrogen and oxygen atoms in total. The molecule has 1 amide bonds. The molecule has 3 unspecified atom stereocenters. The zero-order valence-corrected chi connectivity index (χ0v) is 16.0. The van der Waals surface area contributed by atoms with Gasteiger partial charge in [-0.3, -0.25) is 15.1 Å². The van der Waals surface area contributed by atoms with Gasteiger partial charge >= 0.3 is 0 Å². The smallest absolute Gasteiger partial charge is 0.241 e. The maximum Gasteiger partial charge on any atom is 0.241 e. The van der Waals surface area contributed by atoms with Crippen molar-refractivity contribution in [2.45, 2.75) is 58.3 Å². The van der Waals surface area contributed by atoms with Crippen LogP contribution in [0, 0.1) is 11.7 Å². The highest BCUT2D eigenvalue weighted by Gasteiger charge is 2.34. The van der Waals surface area contributed by atoms with Gasteiger partial charge in [0.25, 0.3) is 0 Å². The van der Waals surface area contributed by atoms with Crippen LogP contribution in [0.2, 0.25) is 0 Å². The maximum atomic E-state index is 13.2.